The van der Waals surface area contributed by atoms with Gasteiger partial charge in [0.2, 0.25) is 0 Å². The molecule has 3 aromatic rings. The first-order valence-electron chi connectivity index (χ1n) is 7.76. The Hall–Kier alpha value is -3.28. The number of nitrogens with one attached hydrogen (secondary N) is 2. The lowest BCUT2D eigenvalue weighted by atomic mass is 10.1. The number of rotatable bonds is 5. The summed E-state index contributed by atoms with van der Waals surface area (Å²) in [4.78, 5) is 19.9. The third-order valence-corrected chi connectivity index (χ3v) is 3.78. The van der Waals surface area contributed by atoms with Gasteiger partial charge in [0.1, 0.15) is 5.82 Å². The lowest BCUT2D eigenvalue weighted by molar-refractivity contribution is 0.102. The molecule has 2 N–H and O–H groups in total. The summed E-state index contributed by atoms with van der Waals surface area (Å²) < 4.78 is 10.4. The van der Waals surface area contributed by atoms with Crippen LogP contribution in [0.5, 0.6) is 11.5 Å². The summed E-state index contributed by atoms with van der Waals surface area (Å²) in [6.45, 7) is 1.90. The van der Waals surface area contributed by atoms with Crippen molar-refractivity contribution >= 4 is 11.6 Å². The number of methoxy groups -OCH3 is 2. The van der Waals surface area contributed by atoms with Crippen LogP contribution in [0.15, 0.2) is 48.7 Å². The summed E-state index contributed by atoms with van der Waals surface area (Å²) in [6.07, 6.45) is 1.77. The van der Waals surface area contributed by atoms with E-state index in [4.69, 9.17) is 9.47 Å². The number of aromatic amines is 1. The molecule has 0 aliphatic carbocycles. The first-order chi connectivity index (χ1) is 12.1. The number of aromatic nitrogens is 2. The zero-order valence-electron chi connectivity index (χ0n) is 14.3. The number of benzene rings is 2. The third kappa shape index (κ3) is 3.63. The van der Waals surface area contributed by atoms with E-state index in [9.17, 15) is 4.79 Å². The van der Waals surface area contributed by atoms with Gasteiger partial charge in [0.25, 0.3) is 5.91 Å². The molecule has 1 amide bonds. The Morgan fingerprint density at radius 2 is 1.88 bits per heavy atom. The van der Waals surface area contributed by atoms with Gasteiger partial charge >= 0.3 is 0 Å². The Bertz CT molecular complexity index is 902. The summed E-state index contributed by atoms with van der Waals surface area (Å²) in [5.74, 6) is 1.71. The fourth-order valence-corrected chi connectivity index (χ4v) is 2.51. The Morgan fingerprint density at radius 3 is 2.56 bits per heavy atom. The second-order valence-electron chi connectivity index (χ2n) is 5.49. The number of anilines is 1. The topological polar surface area (TPSA) is 76.2 Å². The molecule has 3 rings (SSSR count). The van der Waals surface area contributed by atoms with Gasteiger partial charge in [0.15, 0.2) is 11.5 Å². The van der Waals surface area contributed by atoms with E-state index in [-0.39, 0.29) is 5.91 Å². The van der Waals surface area contributed by atoms with Gasteiger partial charge in [-0.3, -0.25) is 4.79 Å². The van der Waals surface area contributed by atoms with Crippen molar-refractivity contribution in [3.8, 4) is 22.8 Å². The van der Waals surface area contributed by atoms with Crippen molar-refractivity contribution in [3.63, 3.8) is 0 Å². The number of hydrogen-bond donors (Lipinski definition) is 2. The van der Waals surface area contributed by atoms with Gasteiger partial charge in [0.05, 0.1) is 26.1 Å². The van der Waals surface area contributed by atoms with E-state index < -0.39 is 0 Å². The van der Waals surface area contributed by atoms with Crippen molar-refractivity contribution in [1.82, 2.24) is 9.97 Å². The largest absolute Gasteiger partial charge is 0.493 e. The molecule has 0 aliphatic heterocycles. The monoisotopic (exact) mass is 337 g/mol. The van der Waals surface area contributed by atoms with Crippen molar-refractivity contribution in [2.75, 3.05) is 19.5 Å². The van der Waals surface area contributed by atoms with Gasteiger partial charge < -0.3 is 19.8 Å². The van der Waals surface area contributed by atoms with Crippen molar-refractivity contribution < 1.29 is 14.3 Å². The van der Waals surface area contributed by atoms with E-state index >= 15 is 0 Å². The van der Waals surface area contributed by atoms with Crippen LogP contribution in [0, 0.1) is 6.92 Å². The molecule has 0 fully saturated rings. The summed E-state index contributed by atoms with van der Waals surface area (Å²) in [6, 6.07) is 12.6. The summed E-state index contributed by atoms with van der Waals surface area (Å²) in [7, 11) is 3.09. The number of amides is 1. The van der Waals surface area contributed by atoms with E-state index in [0.717, 1.165) is 17.1 Å². The van der Waals surface area contributed by atoms with Crippen LogP contribution in [0.2, 0.25) is 0 Å². The van der Waals surface area contributed by atoms with Gasteiger partial charge in [-0.1, -0.05) is 12.1 Å². The van der Waals surface area contributed by atoms with Gasteiger partial charge in [-0.05, 0) is 37.3 Å². The minimum Gasteiger partial charge on any atom is -0.493 e. The molecule has 1 heterocycles. The molecule has 6 nitrogen and oxygen atoms in total. The smallest absolute Gasteiger partial charge is 0.255 e. The van der Waals surface area contributed by atoms with Crippen molar-refractivity contribution in [1.29, 1.82) is 0 Å². The van der Waals surface area contributed by atoms with E-state index in [0.29, 0.717) is 22.7 Å². The molecule has 1 aromatic heterocycles. The van der Waals surface area contributed by atoms with Gasteiger partial charge in [-0.25, -0.2) is 4.98 Å². The van der Waals surface area contributed by atoms with Gasteiger partial charge in [-0.15, -0.1) is 0 Å². The number of H-pyrrole nitrogens is 1. The highest BCUT2D eigenvalue weighted by Crippen LogP contribution is 2.28. The summed E-state index contributed by atoms with van der Waals surface area (Å²) >= 11 is 0. The number of ether oxygens (including phenoxy) is 2. The Balaban J connectivity index is 1.81. The van der Waals surface area contributed by atoms with Crippen molar-refractivity contribution in [2.24, 2.45) is 0 Å². The fourth-order valence-electron chi connectivity index (χ4n) is 2.51. The number of carbonyl (C=O) groups is 1. The first-order valence-corrected chi connectivity index (χ1v) is 7.76. The predicted molar refractivity (Wildman–Crippen MR) is 96.3 cm³/mol. The van der Waals surface area contributed by atoms with Gasteiger partial charge in [-0.2, -0.15) is 0 Å². The molecule has 6 heteroatoms. The van der Waals surface area contributed by atoms with Crippen LogP contribution in [0.4, 0.5) is 5.69 Å². The Kier molecular flexibility index (Phi) is 4.70. The molecule has 0 spiro atoms. The quantitative estimate of drug-likeness (QED) is 0.745. The average Bonchev–Trinajstić information content (AvgIpc) is 3.07. The number of nitrogens with zero attached hydrogens (tertiary/aromatic N) is 1. The molecule has 128 valence electrons. The van der Waals surface area contributed by atoms with Crippen molar-refractivity contribution in [3.05, 3.63) is 60.0 Å². The SMILES string of the molecule is COc1ccc(C(=O)Nc2cccc(-c3cnc(C)[nH]3)c2)cc1OC. The number of imidazole rings is 1. The predicted octanol–water partition coefficient (Wildman–Crippen LogP) is 3.65. The maximum atomic E-state index is 12.5. The van der Waals surface area contributed by atoms with Crippen LogP contribution in [0.3, 0.4) is 0 Å². The molecular weight excluding hydrogens is 318 g/mol. The maximum Gasteiger partial charge on any atom is 0.255 e. The second-order valence-corrected chi connectivity index (χ2v) is 5.49. The van der Waals surface area contributed by atoms with E-state index in [2.05, 4.69) is 15.3 Å². The molecule has 0 aliphatic rings. The average molecular weight is 337 g/mol. The molecule has 2 aromatic carbocycles. The first kappa shape index (κ1) is 16.6. The summed E-state index contributed by atoms with van der Waals surface area (Å²) in [5, 5.41) is 2.89. The number of hydrogen-bond acceptors (Lipinski definition) is 4. The van der Waals surface area contributed by atoms with Crippen LogP contribution in [-0.4, -0.2) is 30.1 Å². The number of carbonyl (C=O) groups excluding carboxylic acids is 1. The highest BCUT2D eigenvalue weighted by atomic mass is 16.5. The minimum absolute atomic E-state index is 0.223. The fraction of sp³-hybridized carbons (Fsp3) is 0.158. The molecular formula is C19H19N3O3. The van der Waals surface area contributed by atoms with Crippen LogP contribution in [0.1, 0.15) is 16.2 Å². The Morgan fingerprint density at radius 1 is 1.08 bits per heavy atom. The highest BCUT2D eigenvalue weighted by Gasteiger charge is 2.11. The minimum atomic E-state index is -0.223. The molecule has 0 unspecified atom stereocenters. The zero-order valence-corrected chi connectivity index (χ0v) is 14.3. The molecule has 0 bridgehead atoms. The molecule has 25 heavy (non-hydrogen) atoms. The summed E-state index contributed by atoms with van der Waals surface area (Å²) in [5.41, 5.74) is 3.04. The van der Waals surface area contributed by atoms with Crippen LogP contribution < -0.4 is 14.8 Å². The van der Waals surface area contributed by atoms with Crippen LogP contribution in [0.25, 0.3) is 11.3 Å². The molecule has 0 atom stereocenters. The van der Waals surface area contributed by atoms with Gasteiger partial charge in [0, 0.05) is 16.8 Å². The standard InChI is InChI=1S/C19H19N3O3/c1-12-20-11-16(21-12)13-5-4-6-15(9-13)22-19(23)14-7-8-17(24-2)18(10-14)25-3/h4-11H,1-3H3,(H,20,21)(H,22,23). The van der Waals surface area contributed by atoms with Crippen LogP contribution in [-0.2, 0) is 0 Å². The Labute approximate surface area is 145 Å². The molecule has 0 saturated heterocycles. The van der Waals surface area contributed by atoms with E-state index in [1.165, 1.54) is 7.11 Å². The second kappa shape index (κ2) is 7.09. The zero-order chi connectivity index (χ0) is 17.8. The van der Waals surface area contributed by atoms with E-state index in [1.807, 2.05) is 31.2 Å². The van der Waals surface area contributed by atoms with Crippen molar-refractivity contribution in [2.45, 2.75) is 6.92 Å². The lowest BCUT2D eigenvalue weighted by Gasteiger charge is -2.10. The molecule has 0 radical (unpaired) electrons. The number of aryl methyl sites for hydroxylation is 1. The van der Waals surface area contributed by atoms with Crippen LogP contribution >= 0.6 is 0 Å². The highest BCUT2D eigenvalue weighted by molar-refractivity contribution is 6.04. The maximum absolute atomic E-state index is 12.5. The normalized spacial score (nSPS) is 10.4. The lowest BCUT2D eigenvalue weighted by Crippen LogP contribution is -2.12. The third-order valence-electron chi connectivity index (χ3n) is 3.78. The van der Waals surface area contributed by atoms with E-state index in [1.54, 1.807) is 31.5 Å². The molecule has 0 saturated carbocycles.